The molecule has 0 bridgehead atoms. The standard InChI is InChI=1S/C11H10ClF6N.ClH/c12-8-5-6(1-2-7(8)11(16,17)18)9(19)3-4-10(13,14)15;/h1-2,5,9H,3-4,19H2;1H/t9-;/m0./s1. The molecular formula is C11H11Cl2F6N. The zero-order valence-corrected chi connectivity index (χ0v) is 11.4. The molecule has 1 atom stereocenters. The van der Waals surface area contributed by atoms with Crippen molar-refractivity contribution in [3.63, 3.8) is 0 Å². The molecule has 1 nitrogen and oxygen atoms in total. The van der Waals surface area contributed by atoms with Crippen LogP contribution in [0.4, 0.5) is 26.3 Å². The average molecular weight is 342 g/mol. The minimum absolute atomic E-state index is 0. The highest BCUT2D eigenvalue weighted by Gasteiger charge is 2.33. The molecule has 0 radical (unpaired) electrons. The highest BCUT2D eigenvalue weighted by molar-refractivity contribution is 6.31. The number of hydrogen-bond acceptors (Lipinski definition) is 1. The van der Waals surface area contributed by atoms with Crippen molar-refractivity contribution in [1.29, 1.82) is 0 Å². The highest BCUT2D eigenvalue weighted by atomic mass is 35.5. The van der Waals surface area contributed by atoms with E-state index >= 15 is 0 Å². The summed E-state index contributed by atoms with van der Waals surface area (Å²) in [5, 5.41) is -0.576. The summed E-state index contributed by atoms with van der Waals surface area (Å²) in [6.45, 7) is 0. The fraction of sp³-hybridized carbons (Fsp3) is 0.455. The molecule has 0 aliphatic carbocycles. The van der Waals surface area contributed by atoms with Crippen molar-refractivity contribution in [2.75, 3.05) is 0 Å². The third-order valence-electron chi connectivity index (χ3n) is 2.47. The summed E-state index contributed by atoms with van der Waals surface area (Å²) in [7, 11) is 0. The highest BCUT2D eigenvalue weighted by Crippen LogP contribution is 2.36. The molecular weight excluding hydrogens is 331 g/mol. The van der Waals surface area contributed by atoms with Gasteiger partial charge in [0, 0.05) is 12.5 Å². The van der Waals surface area contributed by atoms with Crippen LogP contribution in [0.3, 0.4) is 0 Å². The molecule has 0 saturated carbocycles. The van der Waals surface area contributed by atoms with Crippen LogP contribution >= 0.6 is 24.0 Å². The largest absolute Gasteiger partial charge is 0.417 e. The molecule has 0 aromatic heterocycles. The number of halogens is 8. The van der Waals surface area contributed by atoms with E-state index in [2.05, 4.69) is 0 Å². The number of alkyl halides is 6. The maximum atomic E-state index is 12.4. The lowest BCUT2D eigenvalue weighted by atomic mass is 10.0. The number of hydrogen-bond donors (Lipinski definition) is 1. The molecule has 0 amide bonds. The predicted octanol–water partition coefficient (Wildman–Crippen LogP) is 5.12. The molecule has 1 aromatic rings. The molecule has 0 heterocycles. The zero-order valence-electron chi connectivity index (χ0n) is 9.85. The Bertz CT molecular complexity index is 444. The summed E-state index contributed by atoms with van der Waals surface area (Å²) in [6, 6.07) is 1.69. The van der Waals surface area contributed by atoms with E-state index in [0.29, 0.717) is 6.07 Å². The fourth-order valence-corrected chi connectivity index (χ4v) is 1.77. The second kappa shape index (κ2) is 6.87. The van der Waals surface area contributed by atoms with Gasteiger partial charge in [-0.15, -0.1) is 12.4 Å². The van der Waals surface area contributed by atoms with Gasteiger partial charge in [-0.2, -0.15) is 26.3 Å². The summed E-state index contributed by atoms with van der Waals surface area (Å²) in [5.74, 6) is 0. The van der Waals surface area contributed by atoms with Crippen molar-refractivity contribution in [2.45, 2.75) is 31.2 Å². The van der Waals surface area contributed by atoms with Crippen LogP contribution in [0.15, 0.2) is 18.2 Å². The molecule has 0 aliphatic heterocycles. The topological polar surface area (TPSA) is 26.0 Å². The quantitative estimate of drug-likeness (QED) is 0.758. The van der Waals surface area contributed by atoms with Gasteiger partial charge in [0.05, 0.1) is 10.6 Å². The maximum absolute atomic E-state index is 12.4. The molecule has 9 heteroatoms. The molecule has 1 aromatic carbocycles. The first-order valence-corrected chi connectivity index (χ1v) is 5.57. The van der Waals surface area contributed by atoms with Gasteiger partial charge in [-0.1, -0.05) is 17.7 Å². The van der Waals surface area contributed by atoms with Crippen molar-refractivity contribution in [3.8, 4) is 0 Å². The van der Waals surface area contributed by atoms with E-state index < -0.39 is 41.8 Å². The van der Waals surface area contributed by atoms with Crippen LogP contribution in [-0.4, -0.2) is 6.18 Å². The van der Waals surface area contributed by atoms with Crippen molar-refractivity contribution >= 4 is 24.0 Å². The number of nitrogens with two attached hydrogens (primary N) is 1. The van der Waals surface area contributed by atoms with Crippen LogP contribution in [0.1, 0.15) is 30.0 Å². The van der Waals surface area contributed by atoms with Gasteiger partial charge in [-0.25, -0.2) is 0 Å². The van der Waals surface area contributed by atoms with Gasteiger partial charge in [-0.05, 0) is 24.1 Å². The molecule has 0 spiro atoms. The molecule has 2 N–H and O–H groups in total. The summed E-state index contributed by atoms with van der Waals surface area (Å²) in [4.78, 5) is 0. The van der Waals surface area contributed by atoms with Crippen molar-refractivity contribution < 1.29 is 26.3 Å². The van der Waals surface area contributed by atoms with Gasteiger partial charge < -0.3 is 5.73 Å². The first-order chi connectivity index (χ1) is 8.50. The van der Waals surface area contributed by atoms with Crippen LogP contribution in [0.25, 0.3) is 0 Å². The van der Waals surface area contributed by atoms with E-state index in [4.69, 9.17) is 17.3 Å². The lowest BCUT2D eigenvalue weighted by molar-refractivity contribution is -0.137. The molecule has 1 rings (SSSR count). The lowest BCUT2D eigenvalue weighted by Gasteiger charge is -2.16. The first kappa shape index (κ1) is 19.3. The van der Waals surface area contributed by atoms with Gasteiger partial charge in [0.1, 0.15) is 0 Å². The van der Waals surface area contributed by atoms with Crippen LogP contribution in [0.5, 0.6) is 0 Å². The third-order valence-corrected chi connectivity index (χ3v) is 2.78. The lowest BCUT2D eigenvalue weighted by Crippen LogP contribution is -2.16. The minimum atomic E-state index is -4.61. The molecule has 0 unspecified atom stereocenters. The normalized spacial score (nSPS) is 13.8. The van der Waals surface area contributed by atoms with Crippen molar-refractivity contribution in [1.82, 2.24) is 0 Å². The smallest absolute Gasteiger partial charge is 0.324 e. The van der Waals surface area contributed by atoms with E-state index in [0.717, 1.165) is 12.1 Å². The fourth-order valence-electron chi connectivity index (χ4n) is 1.48. The first-order valence-electron chi connectivity index (χ1n) is 5.19. The summed E-state index contributed by atoms with van der Waals surface area (Å²) in [6.07, 6.45) is -10.5. The Morgan fingerprint density at radius 2 is 1.65 bits per heavy atom. The number of rotatable bonds is 3. The Labute approximate surface area is 122 Å². The van der Waals surface area contributed by atoms with E-state index in [1.807, 2.05) is 0 Å². The zero-order chi connectivity index (χ0) is 14.8. The van der Waals surface area contributed by atoms with Crippen LogP contribution in [0, 0.1) is 0 Å². The SMILES string of the molecule is Cl.N[C@@H](CCC(F)(F)F)c1ccc(C(F)(F)F)c(Cl)c1. The molecule has 0 fully saturated rings. The summed E-state index contributed by atoms with van der Waals surface area (Å²) < 4.78 is 73.3. The second-order valence-corrected chi connectivity index (χ2v) is 4.40. The van der Waals surface area contributed by atoms with Gasteiger partial charge in [0.25, 0.3) is 0 Å². The van der Waals surface area contributed by atoms with Gasteiger partial charge in [0.2, 0.25) is 0 Å². The molecule has 0 saturated heterocycles. The van der Waals surface area contributed by atoms with Crippen molar-refractivity contribution in [3.05, 3.63) is 34.3 Å². The van der Waals surface area contributed by atoms with E-state index in [1.54, 1.807) is 0 Å². The van der Waals surface area contributed by atoms with Gasteiger partial charge in [0.15, 0.2) is 0 Å². The van der Waals surface area contributed by atoms with Gasteiger partial charge in [-0.3, -0.25) is 0 Å². The average Bonchev–Trinajstić information content (AvgIpc) is 2.22. The Hall–Kier alpha value is -0.660. The second-order valence-electron chi connectivity index (χ2n) is 4.00. The van der Waals surface area contributed by atoms with Crippen molar-refractivity contribution in [2.24, 2.45) is 5.73 Å². The Morgan fingerprint density at radius 3 is 2.05 bits per heavy atom. The Kier molecular flexibility index (Phi) is 6.64. The molecule has 116 valence electrons. The Balaban J connectivity index is 0.00000361. The monoisotopic (exact) mass is 341 g/mol. The summed E-state index contributed by atoms with van der Waals surface area (Å²) in [5.41, 5.74) is 4.59. The third kappa shape index (κ3) is 5.76. The predicted molar refractivity (Wildman–Crippen MR) is 65.9 cm³/mol. The van der Waals surface area contributed by atoms with Gasteiger partial charge >= 0.3 is 12.4 Å². The number of benzene rings is 1. The minimum Gasteiger partial charge on any atom is -0.324 e. The van der Waals surface area contributed by atoms with E-state index in [1.165, 1.54) is 0 Å². The molecule has 20 heavy (non-hydrogen) atoms. The molecule has 0 aliphatic rings. The van der Waals surface area contributed by atoms with E-state index in [-0.39, 0.29) is 18.0 Å². The van der Waals surface area contributed by atoms with E-state index in [9.17, 15) is 26.3 Å². The van der Waals surface area contributed by atoms with Crippen LogP contribution in [0.2, 0.25) is 5.02 Å². The van der Waals surface area contributed by atoms with Crippen LogP contribution < -0.4 is 5.73 Å². The summed E-state index contributed by atoms with van der Waals surface area (Å²) >= 11 is 5.45. The van der Waals surface area contributed by atoms with Crippen LogP contribution in [-0.2, 0) is 6.18 Å². The maximum Gasteiger partial charge on any atom is 0.417 e. The Morgan fingerprint density at radius 1 is 1.10 bits per heavy atom.